The molecule has 2 aromatic heterocycles. The van der Waals surface area contributed by atoms with Gasteiger partial charge in [0.2, 0.25) is 5.88 Å². The number of nitrogens with zero attached hydrogens (tertiary/aromatic N) is 2. The van der Waals surface area contributed by atoms with Crippen molar-refractivity contribution in [2.24, 2.45) is 0 Å². The van der Waals surface area contributed by atoms with Crippen LogP contribution in [0.2, 0.25) is 0 Å². The Hall–Kier alpha value is -1.56. The molecule has 0 unspecified atom stereocenters. The van der Waals surface area contributed by atoms with E-state index in [1.807, 2.05) is 4.40 Å². The summed E-state index contributed by atoms with van der Waals surface area (Å²) >= 11 is 1.64. The third kappa shape index (κ3) is 4.74. The van der Waals surface area contributed by atoms with Crippen molar-refractivity contribution in [2.45, 2.75) is 52.4 Å². The van der Waals surface area contributed by atoms with Crippen LogP contribution in [-0.2, 0) is 11.2 Å². The number of imidazole rings is 1. The number of hydrogen-bond acceptors (Lipinski definition) is 5. The molecule has 0 amide bonds. The Morgan fingerprint density at radius 2 is 2.05 bits per heavy atom. The Bertz CT molecular complexity index is 545. The van der Waals surface area contributed by atoms with Crippen LogP contribution in [0, 0.1) is 0 Å². The van der Waals surface area contributed by atoms with Crippen LogP contribution in [0.15, 0.2) is 12.4 Å². The van der Waals surface area contributed by atoms with E-state index in [9.17, 15) is 4.79 Å². The number of unbranched alkanes of at least 4 members (excludes halogenated alkanes) is 4. The number of thiazole rings is 1. The molecule has 2 rings (SSSR count). The van der Waals surface area contributed by atoms with Gasteiger partial charge in [0.1, 0.15) is 0 Å². The predicted octanol–water partition coefficient (Wildman–Crippen LogP) is 4.44. The summed E-state index contributed by atoms with van der Waals surface area (Å²) < 4.78 is 11.6. The minimum atomic E-state index is -0.709. The van der Waals surface area contributed by atoms with Crippen LogP contribution in [0.3, 0.4) is 0 Å². The van der Waals surface area contributed by atoms with Gasteiger partial charge in [0.25, 0.3) is 0 Å². The van der Waals surface area contributed by atoms with E-state index in [0.717, 1.165) is 11.4 Å². The second-order valence-electron chi connectivity index (χ2n) is 4.92. The molecule has 2 aromatic rings. The molecular weight excluding hydrogens is 288 g/mol. The van der Waals surface area contributed by atoms with Gasteiger partial charge in [-0.15, -0.1) is 11.3 Å². The second-order valence-corrected chi connectivity index (χ2v) is 6.01. The van der Waals surface area contributed by atoms with Crippen molar-refractivity contribution in [1.82, 2.24) is 9.38 Å². The Morgan fingerprint density at radius 1 is 1.24 bits per heavy atom. The summed E-state index contributed by atoms with van der Waals surface area (Å²) in [6, 6.07) is 0. The Morgan fingerprint density at radius 3 is 2.76 bits per heavy atom. The van der Waals surface area contributed by atoms with Gasteiger partial charge < -0.3 is 9.47 Å². The van der Waals surface area contributed by atoms with Gasteiger partial charge in [-0.3, -0.25) is 4.40 Å². The van der Waals surface area contributed by atoms with Crippen molar-refractivity contribution in [1.29, 1.82) is 0 Å². The highest BCUT2D eigenvalue weighted by Gasteiger charge is 2.11. The predicted molar refractivity (Wildman–Crippen MR) is 83.2 cm³/mol. The van der Waals surface area contributed by atoms with Gasteiger partial charge in [-0.05, 0) is 19.8 Å². The first-order chi connectivity index (χ1) is 10.2. The molecule has 6 heteroatoms. The number of rotatable bonds is 8. The second kappa shape index (κ2) is 8.02. The molecule has 116 valence electrons. The van der Waals surface area contributed by atoms with Crippen molar-refractivity contribution in [2.75, 3.05) is 6.61 Å². The van der Waals surface area contributed by atoms with Crippen molar-refractivity contribution < 1.29 is 14.3 Å². The average molecular weight is 310 g/mol. The number of fused-ring (bicyclic) bond motifs is 1. The van der Waals surface area contributed by atoms with E-state index in [1.54, 1.807) is 24.5 Å². The fourth-order valence-corrected chi connectivity index (χ4v) is 3.12. The Balaban J connectivity index is 1.85. The topological polar surface area (TPSA) is 52.8 Å². The molecule has 0 saturated heterocycles. The molecule has 5 nitrogen and oxygen atoms in total. The normalized spacial score (nSPS) is 11.0. The standard InChI is InChI=1S/C15H22N2O3S/c1-3-5-6-7-8-9-12-10-17-11-13(16-14(17)21-12)20-15(18)19-4-2/h10-11H,3-9H2,1-2H3. The zero-order valence-corrected chi connectivity index (χ0v) is 13.4. The molecule has 2 heterocycles. The minimum Gasteiger partial charge on any atom is -0.434 e. The molecule has 0 aromatic carbocycles. The fourth-order valence-electron chi connectivity index (χ4n) is 2.12. The van der Waals surface area contributed by atoms with E-state index >= 15 is 0 Å². The van der Waals surface area contributed by atoms with E-state index < -0.39 is 6.16 Å². The van der Waals surface area contributed by atoms with Crippen LogP contribution in [0.5, 0.6) is 5.88 Å². The van der Waals surface area contributed by atoms with Crippen LogP contribution in [-0.4, -0.2) is 22.1 Å². The molecular formula is C15H22N2O3S. The summed E-state index contributed by atoms with van der Waals surface area (Å²) in [6.07, 6.45) is 10.6. The first kappa shape index (κ1) is 15.8. The number of carbonyl (C=O) groups is 1. The van der Waals surface area contributed by atoms with Crippen LogP contribution >= 0.6 is 11.3 Å². The van der Waals surface area contributed by atoms with Gasteiger partial charge in [-0.2, -0.15) is 4.98 Å². The zero-order chi connectivity index (χ0) is 15.1. The molecule has 0 bridgehead atoms. The summed E-state index contributed by atoms with van der Waals surface area (Å²) in [5.74, 6) is 0.286. The molecule has 0 aliphatic heterocycles. The smallest absolute Gasteiger partial charge is 0.434 e. The monoisotopic (exact) mass is 310 g/mol. The molecule has 0 aliphatic rings. The number of ether oxygens (including phenoxy) is 2. The maximum Gasteiger partial charge on any atom is 0.515 e. The number of aryl methyl sites for hydroxylation is 1. The summed E-state index contributed by atoms with van der Waals surface area (Å²) in [6.45, 7) is 4.26. The zero-order valence-electron chi connectivity index (χ0n) is 12.6. The van der Waals surface area contributed by atoms with Crippen molar-refractivity contribution in [3.8, 4) is 5.88 Å². The van der Waals surface area contributed by atoms with Crippen LogP contribution in [0.4, 0.5) is 4.79 Å². The molecule has 0 fully saturated rings. The summed E-state index contributed by atoms with van der Waals surface area (Å²) in [7, 11) is 0. The van der Waals surface area contributed by atoms with Gasteiger partial charge in [-0.1, -0.05) is 32.6 Å². The minimum absolute atomic E-state index is 0.286. The fraction of sp³-hybridized carbons (Fsp3) is 0.600. The summed E-state index contributed by atoms with van der Waals surface area (Å²) in [5.41, 5.74) is 0. The maximum absolute atomic E-state index is 11.2. The highest BCUT2D eigenvalue weighted by molar-refractivity contribution is 7.17. The van der Waals surface area contributed by atoms with E-state index in [-0.39, 0.29) is 5.88 Å². The third-order valence-electron chi connectivity index (χ3n) is 3.16. The molecule has 0 saturated carbocycles. The number of aromatic nitrogens is 2. The SMILES string of the molecule is CCCCCCCc1cn2cc(OC(=O)OCC)nc2s1. The average Bonchev–Trinajstić information content (AvgIpc) is 2.96. The first-order valence-electron chi connectivity index (χ1n) is 7.55. The Kier molecular flexibility index (Phi) is 6.04. The third-order valence-corrected chi connectivity index (χ3v) is 4.21. The van der Waals surface area contributed by atoms with E-state index in [1.165, 1.54) is 37.0 Å². The lowest BCUT2D eigenvalue weighted by Crippen LogP contribution is -2.10. The Labute approximate surface area is 128 Å². The van der Waals surface area contributed by atoms with E-state index in [0.29, 0.717) is 6.61 Å². The van der Waals surface area contributed by atoms with Gasteiger partial charge in [-0.25, -0.2) is 4.79 Å². The van der Waals surface area contributed by atoms with Gasteiger partial charge in [0.15, 0.2) is 4.96 Å². The summed E-state index contributed by atoms with van der Waals surface area (Å²) in [4.78, 5) is 17.6. The van der Waals surface area contributed by atoms with Crippen molar-refractivity contribution >= 4 is 22.5 Å². The molecule has 0 atom stereocenters. The highest BCUT2D eigenvalue weighted by Crippen LogP contribution is 2.23. The number of carbonyl (C=O) groups excluding carboxylic acids is 1. The van der Waals surface area contributed by atoms with E-state index in [2.05, 4.69) is 18.1 Å². The van der Waals surface area contributed by atoms with Gasteiger partial charge >= 0.3 is 6.16 Å². The largest absolute Gasteiger partial charge is 0.515 e. The summed E-state index contributed by atoms with van der Waals surface area (Å²) in [5, 5.41) is 0. The van der Waals surface area contributed by atoms with E-state index in [4.69, 9.17) is 9.47 Å². The lowest BCUT2D eigenvalue weighted by atomic mass is 10.1. The lowest BCUT2D eigenvalue weighted by Gasteiger charge is -1.99. The molecule has 0 aliphatic carbocycles. The maximum atomic E-state index is 11.2. The first-order valence-corrected chi connectivity index (χ1v) is 8.36. The van der Waals surface area contributed by atoms with Crippen LogP contribution in [0.25, 0.3) is 4.96 Å². The lowest BCUT2D eigenvalue weighted by molar-refractivity contribution is 0.103. The molecule has 21 heavy (non-hydrogen) atoms. The molecule has 0 radical (unpaired) electrons. The molecule has 0 N–H and O–H groups in total. The van der Waals surface area contributed by atoms with Crippen molar-refractivity contribution in [3.63, 3.8) is 0 Å². The number of hydrogen-bond donors (Lipinski definition) is 0. The van der Waals surface area contributed by atoms with Gasteiger partial charge in [0.05, 0.1) is 12.8 Å². The highest BCUT2D eigenvalue weighted by atomic mass is 32.1. The molecule has 0 spiro atoms. The quantitative estimate of drug-likeness (QED) is 0.534. The van der Waals surface area contributed by atoms with Crippen LogP contribution < -0.4 is 4.74 Å². The van der Waals surface area contributed by atoms with Crippen LogP contribution in [0.1, 0.15) is 50.8 Å². The van der Waals surface area contributed by atoms with Gasteiger partial charge in [0, 0.05) is 11.1 Å². The van der Waals surface area contributed by atoms with Crippen molar-refractivity contribution in [3.05, 3.63) is 17.3 Å².